The van der Waals surface area contributed by atoms with E-state index in [1.165, 1.54) is 0 Å². The van der Waals surface area contributed by atoms with E-state index < -0.39 is 6.10 Å². The van der Waals surface area contributed by atoms with Crippen molar-refractivity contribution < 1.29 is 19.5 Å². The van der Waals surface area contributed by atoms with Crippen LogP contribution in [-0.4, -0.2) is 50.8 Å². The zero-order valence-corrected chi connectivity index (χ0v) is 16.1. The van der Waals surface area contributed by atoms with Gasteiger partial charge in [-0.05, 0) is 32.9 Å². The van der Waals surface area contributed by atoms with Crippen LogP contribution in [0.5, 0.6) is 11.5 Å². The maximum absolute atomic E-state index is 12.8. The molecule has 0 aliphatic carbocycles. The average molecular weight is 382 g/mol. The monoisotopic (exact) mass is 382 g/mol. The molecule has 8 nitrogen and oxygen atoms in total. The van der Waals surface area contributed by atoms with Crippen LogP contribution in [0.15, 0.2) is 23.5 Å². The summed E-state index contributed by atoms with van der Waals surface area (Å²) in [6.45, 7) is 6.59. The lowest BCUT2D eigenvalue weighted by atomic mass is 10.0. The summed E-state index contributed by atoms with van der Waals surface area (Å²) in [4.78, 5) is 28.7. The standard InChI is InChI=1S/C20H22N4O4/c1-11-6-17(28-23-11)20(26)24-4-5-27-19-15(10-24)7-14(8-16(19)25)18-13(3)21-9-12(2)22-18/h7-9,17,25H,4-6,10H2,1-3H3/t17-/m1/s1. The molecule has 2 aliphatic heterocycles. The van der Waals surface area contributed by atoms with Crippen LogP contribution in [0.4, 0.5) is 0 Å². The van der Waals surface area contributed by atoms with Gasteiger partial charge in [-0.2, -0.15) is 0 Å². The number of amides is 1. The molecule has 1 N–H and O–H groups in total. The second-order valence-electron chi connectivity index (χ2n) is 7.16. The quantitative estimate of drug-likeness (QED) is 0.856. The maximum Gasteiger partial charge on any atom is 0.267 e. The van der Waals surface area contributed by atoms with Crippen molar-refractivity contribution in [3.8, 4) is 22.8 Å². The van der Waals surface area contributed by atoms with E-state index in [2.05, 4.69) is 15.1 Å². The molecule has 0 fully saturated rings. The molecular weight excluding hydrogens is 360 g/mol. The number of carbonyl (C=O) groups is 1. The molecule has 2 aromatic rings. The molecule has 0 bridgehead atoms. The molecule has 0 spiro atoms. The number of carbonyl (C=O) groups excluding carboxylic acids is 1. The Morgan fingerprint density at radius 2 is 2.11 bits per heavy atom. The first-order valence-electron chi connectivity index (χ1n) is 9.19. The number of rotatable bonds is 2. The van der Waals surface area contributed by atoms with Gasteiger partial charge in [-0.3, -0.25) is 9.78 Å². The SMILES string of the molecule is CC1=NO[C@@H](C(=O)N2CCOc3c(O)cc(-c4nc(C)cnc4C)cc3C2)C1. The van der Waals surface area contributed by atoms with E-state index in [0.717, 1.165) is 28.2 Å². The Labute approximate surface area is 162 Å². The molecule has 8 heteroatoms. The van der Waals surface area contributed by atoms with E-state index in [4.69, 9.17) is 9.57 Å². The minimum Gasteiger partial charge on any atom is -0.504 e. The number of hydrogen-bond acceptors (Lipinski definition) is 7. The molecule has 1 aromatic carbocycles. The van der Waals surface area contributed by atoms with Crippen molar-refractivity contribution in [1.82, 2.24) is 14.9 Å². The number of oxime groups is 1. The first-order chi connectivity index (χ1) is 13.4. The van der Waals surface area contributed by atoms with Crippen LogP contribution in [-0.2, 0) is 16.2 Å². The van der Waals surface area contributed by atoms with E-state index in [-0.39, 0.29) is 11.7 Å². The van der Waals surface area contributed by atoms with E-state index in [9.17, 15) is 9.90 Å². The minimum absolute atomic E-state index is 0.0285. The van der Waals surface area contributed by atoms with Gasteiger partial charge in [0.25, 0.3) is 5.91 Å². The number of phenols is 1. The maximum atomic E-state index is 12.8. The summed E-state index contributed by atoms with van der Waals surface area (Å²) >= 11 is 0. The van der Waals surface area contributed by atoms with Gasteiger partial charge in [-0.15, -0.1) is 0 Å². The van der Waals surface area contributed by atoms with Crippen LogP contribution in [0.3, 0.4) is 0 Å². The first kappa shape index (κ1) is 18.2. The number of aromatic hydroxyl groups is 1. The van der Waals surface area contributed by atoms with Crippen LogP contribution in [0, 0.1) is 13.8 Å². The molecule has 1 amide bonds. The fraction of sp³-hybridized carbons (Fsp3) is 0.400. The van der Waals surface area contributed by atoms with E-state index in [0.29, 0.717) is 37.6 Å². The fourth-order valence-corrected chi connectivity index (χ4v) is 3.47. The Morgan fingerprint density at radius 3 is 2.86 bits per heavy atom. The van der Waals surface area contributed by atoms with Crippen molar-refractivity contribution in [3.05, 3.63) is 35.3 Å². The number of aryl methyl sites for hydroxylation is 2. The summed E-state index contributed by atoms with van der Waals surface area (Å²) < 4.78 is 5.74. The Balaban J connectivity index is 1.67. The van der Waals surface area contributed by atoms with Crippen molar-refractivity contribution in [2.75, 3.05) is 13.2 Å². The highest BCUT2D eigenvalue weighted by Crippen LogP contribution is 2.38. The Bertz CT molecular complexity index is 973. The lowest BCUT2D eigenvalue weighted by Gasteiger charge is -2.22. The summed E-state index contributed by atoms with van der Waals surface area (Å²) in [6.07, 6.45) is 1.60. The lowest BCUT2D eigenvalue weighted by molar-refractivity contribution is -0.142. The molecular formula is C20H22N4O4. The van der Waals surface area contributed by atoms with Gasteiger partial charge in [0.05, 0.1) is 29.3 Å². The molecule has 0 radical (unpaired) electrons. The van der Waals surface area contributed by atoms with Crippen LogP contribution in [0.25, 0.3) is 11.3 Å². The highest BCUT2D eigenvalue weighted by molar-refractivity contribution is 5.91. The molecule has 4 rings (SSSR count). The molecule has 146 valence electrons. The molecule has 1 aromatic heterocycles. The number of hydrogen-bond donors (Lipinski definition) is 1. The molecule has 0 saturated heterocycles. The lowest BCUT2D eigenvalue weighted by Crippen LogP contribution is -2.40. The third kappa shape index (κ3) is 3.37. The van der Waals surface area contributed by atoms with Crippen molar-refractivity contribution in [2.45, 2.75) is 39.8 Å². The normalized spacial score (nSPS) is 18.6. The minimum atomic E-state index is -0.594. The molecule has 0 saturated carbocycles. The Morgan fingerprint density at radius 1 is 1.29 bits per heavy atom. The van der Waals surface area contributed by atoms with Crippen molar-refractivity contribution in [1.29, 1.82) is 0 Å². The van der Waals surface area contributed by atoms with Gasteiger partial charge in [-0.1, -0.05) is 5.16 Å². The van der Waals surface area contributed by atoms with E-state index in [1.807, 2.05) is 26.8 Å². The second kappa shape index (κ2) is 7.10. The van der Waals surface area contributed by atoms with Crippen LogP contribution in [0.1, 0.15) is 30.3 Å². The van der Waals surface area contributed by atoms with E-state index in [1.54, 1.807) is 17.2 Å². The highest BCUT2D eigenvalue weighted by atomic mass is 16.6. The Hall–Kier alpha value is -3.16. The zero-order valence-electron chi connectivity index (χ0n) is 16.1. The zero-order chi connectivity index (χ0) is 19.8. The number of fused-ring (bicyclic) bond motifs is 1. The molecule has 0 unspecified atom stereocenters. The van der Waals surface area contributed by atoms with Crippen LogP contribution < -0.4 is 4.74 Å². The molecule has 3 heterocycles. The predicted octanol–water partition coefficient (Wildman–Crippen LogP) is 2.35. The first-order valence-corrected chi connectivity index (χ1v) is 9.19. The van der Waals surface area contributed by atoms with Gasteiger partial charge >= 0.3 is 0 Å². The number of aromatic nitrogens is 2. The Kier molecular flexibility index (Phi) is 4.62. The average Bonchev–Trinajstić information content (AvgIpc) is 2.97. The van der Waals surface area contributed by atoms with Gasteiger partial charge in [0.1, 0.15) is 6.61 Å². The third-order valence-electron chi connectivity index (χ3n) is 4.87. The van der Waals surface area contributed by atoms with Gasteiger partial charge in [-0.25, -0.2) is 4.98 Å². The molecule has 2 aliphatic rings. The van der Waals surface area contributed by atoms with Crippen LogP contribution >= 0.6 is 0 Å². The van der Waals surface area contributed by atoms with Gasteiger partial charge in [0.2, 0.25) is 6.10 Å². The number of benzene rings is 1. The molecule has 28 heavy (non-hydrogen) atoms. The van der Waals surface area contributed by atoms with Crippen LogP contribution in [0.2, 0.25) is 0 Å². The van der Waals surface area contributed by atoms with Crippen molar-refractivity contribution >= 4 is 11.6 Å². The smallest absolute Gasteiger partial charge is 0.267 e. The van der Waals surface area contributed by atoms with Gasteiger partial charge in [0, 0.05) is 30.3 Å². The summed E-state index contributed by atoms with van der Waals surface area (Å²) in [5, 5.41) is 14.4. The van der Waals surface area contributed by atoms with Gasteiger partial charge in [0.15, 0.2) is 11.5 Å². The molecule has 1 atom stereocenters. The predicted molar refractivity (Wildman–Crippen MR) is 102 cm³/mol. The largest absolute Gasteiger partial charge is 0.504 e. The summed E-state index contributed by atoms with van der Waals surface area (Å²) in [6, 6.07) is 3.53. The van der Waals surface area contributed by atoms with Gasteiger partial charge < -0.3 is 19.6 Å². The number of phenolic OH excluding ortho intramolecular Hbond substituents is 1. The van der Waals surface area contributed by atoms with Crippen molar-refractivity contribution in [3.63, 3.8) is 0 Å². The summed E-state index contributed by atoms with van der Waals surface area (Å²) in [7, 11) is 0. The van der Waals surface area contributed by atoms with Crippen molar-refractivity contribution in [2.24, 2.45) is 5.16 Å². The van der Waals surface area contributed by atoms with E-state index >= 15 is 0 Å². The summed E-state index contributed by atoms with van der Waals surface area (Å²) in [5.41, 5.74) is 4.51. The third-order valence-corrected chi connectivity index (χ3v) is 4.87. The number of nitrogens with zero attached hydrogens (tertiary/aromatic N) is 4. The second-order valence-corrected chi connectivity index (χ2v) is 7.16. The fourth-order valence-electron chi connectivity index (χ4n) is 3.47. The highest BCUT2D eigenvalue weighted by Gasteiger charge is 2.32. The number of ether oxygens (including phenoxy) is 1. The summed E-state index contributed by atoms with van der Waals surface area (Å²) in [5.74, 6) is 0.298. The topological polar surface area (TPSA) is 97.1 Å².